The zero-order valence-corrected chi connectivity index (χ0v) is 19.6. The van der Waals surface area contributed by atoms with Gasteiger partial charge in [0.15, 0.2) is 0 Å². The zero-order chi connectivity index (χ0) is 23.3. The third-order valence-electron chi connectivity index (χ3n) is 5.36. The highest BCUT2D eigenvalue weighted by molar-refractivity contribution is 7.17. The number of hydrazone groups is 1. The van der Waals surface area contributed by atoms with Crippen molar-refractivity contribution in [2.45, 2.75) is 0 Å². The minimum absolute atomic E-state index is 0.274. The highest BCUT2D eigenvalue weighted by Gasteiger charge is 2.14. The number of nitrogens with one attached hydrogen (secondary N) is 1. The number of carbonyl (C=O) groups is 1. The van der Waals surface area contributed by atoms with Gasteiger partial charge in [-0.2, -0.15) is 5.10 Å². The summed E-state index contributed by atoms with van der Waals surface area (Å²) in [7, 11) is 0. The SMILES string of the molecule is O=C(N/N=C/c1ccc(Cl)s1)c1ccc(-n2c(-c3ccccc3)ccc2-c2ccccc2)cc1. The fourth-order valence-electron chi connectivity index (χ4n) is 3.76. The lowest BCUT2D eigenvalue weighted by Gasteiger charge is -2.15. The number of carbonyl (C=O) groups excluding carboxylic acids is 1. The summed E-state index contributed by atoms with van der Waals surface area (Å²) >= 11 is 7.32. The molecule has 0 spiro atoms. The van der Waals surface area contributed by atoms with Crippen LogP contribution in [0.1, 0.15) is 15.2 Å². The van der Waals surface area contributed by atoms with Gasteiger partial charge in [0.05, 0.1) is 21.9 Å². The molecule has 0 aliphatic rings. The van der Waals surface area contributed by atoms with Crippen LogP contribution in [0, 0.1) is 0 Å². The summed E-state index contributed by atoms with van der Waals surface area (Å²) in [5, 5.41) is 4.03. The number of hydrogen-bond acceptors (Lipinski definition) is 3. The zero-order valence-electron chi connectivity index (χ0n) is 18.1. The number of thiophene rings is 1. The van der Waals surface area contributed by atoms with Crippen LogP contribution in [-0.2, 0) is 0 Å². The van der Waals surface area contributed by atoms with Gasteiger partial charge in [0.2, 0.25) is 0 Å². The molecule has 0 radical (unpaired) electrons. The topological polar surface area (TPSA) is 46.4 Å². The van der Waals surface area contributed by atoms with Gasteiger partial charge in [0.1, 0.15) is 0 Å². The maximum Gasteiger partial charge on any atom is 0.271 e. The molecule has 2 heterocycles. The standard InChI is InChI=1S/C28H20ClN3OS/c29-27-18-15-24(34-27)19-30-31-28(33)22-11-13-23(14-12-22)32-25(20-7-3-1-4-8-20)16-17-26(32)21-9-5-2-6-10-21/h1-19H,(H,31,33)/b30-19+. The molecule has 166 valence electrons. The van der Waals surface area contributed by atoms with Crippen molar-refractivity contribution >= 4 is 35.1 Å². The molecular weight excluding hydrogens is 462 g/mol. The van der Waals surface area contributed by atoms with Crippen LogP contribution in [0.15, 0.2) is 114 Å². The van der Waals surface area contributed by atoms with Gasteiger partial charge in [0.25, 0.3) is 5.91 Å². The second-order valence-corrected chi connectivity index (χ2v) is 9.31. The monoisotopic (exact) mass is 481 g/mol. The molecule has 34 heavy (non-hydrogen) atoms. The maximum atomic E-state index is 12.6. The number of rotatable bonds is 6. The van der Waals surface area contributed by atoms with E-state index in [-0.39, 0.29) is 5.91 Å². The van der Waals surface area contributed by atoms with E-state index in [1.807, 2.05) is 66.7 Å². The Morgan fingerprint density at radius 2 is 1.35 bits per heavy atom. The van der Waals surface area contributed by atoms with Crippen LogP contribution < -0.4 is 5.43 Å². The second-order valence-electron chi connectivity index (χ2n) is 7.56. The number of halogens is 1. The summed E-state index contributed by atoms with van der Waals surface area (Å²) in [4.78, 5) is 13.4. The molecule has 4 nitrogen and oxygen atoms in total. The summed E-state index contributed by atoms with van der Waals surface area (Å²) in [6, 6.07) is 36.0. The van der Waals surface area contributed by atoms with E-state index in [9.17, 15) is 4.79 Å². The number of aromatic nitrogens is 1. The Balaban J connectivity index is 1.45. The summed E-state index contributed by atoms with van der Waals surface area (Å²) in [5.74, 6) is -0.274. The summed E-state index contributed by atoms with van der Waals surface area (Å²) in [6.45, 7) is 0. The Bertz CT molecular complexity index is 1380. The van der Waals surface area contributed by atoms with E-state index in [1.165, 1.54) is 11.3 Å². The lowest BCUT2D eigenvalue weighted by Crippen LogP contribution is -2.17. The predicted molar refractivity (Wildman–Crippen MR) is 141 cm³/mol. The van der Waals surface area contributed by atoms with Gasteiger partial charge in [0, 0.05) is 16.1 Å². The molecular formula is C28H20ClN3OS. The molecule has 0 fully saturated rings. The average molecular weight is 482 g/mol. The largest absolute Gasteiger partial charge is 0.309 e. The molecule has 0 bridgehead atoms. The quantitative estimate of drug-likeness (QED) is 0.201. The molecule has 5 rings (SSSR count). The highest BCUT2D eigenvalue weighted by atomic mass is 35.5. The molecule has 0 aliphatic carbocycles. The third kappa shape index (κ3) is 4.71. The van der Waals surface area contributed by atoms with E-state index in [2.05, 4.69) is 51.5 Å². The van der Waals surface area contributed by atoms with Crippen molar-refractivity contribution in [1.29, 1.82) is 0 Å². The minimum Gasteiger partial charge on any atom is -0.309 e. The van der Waals surface area contributed by atoms with Crippen molar-refractivity contribution in [2.75, 3.05) is 0 Å². The first kappa shape index (κ1) is 21.9. The van der Waals surface area contributed by atoms with Crippen LogP contribution >= 0.6 is 22.9 Å². The fourth-order valence-corrected chi connectivity index (χ4v) is 4.69. The molecule has 5 aromatic rings. The number of amides is 1. The molecule has 0 atom stereocenters. The predicted octanol–water partition coefficient (Wildman–Crippen LogP) is 7.29. The van der Waals surface area contributed by atoms with Gasteiger partial charge in [-0.15, -0.1) is 11.3 Å². The van der Waals surface area contributed by atoms with E-state index in [1.54, 1.807) is 12.3 Å². The Labute approximate surface area is 206 Å². The van der Waals surface area contributed by atoms with Crippen LogP contribution in [0.3, 0.4) is 0 Å². The molecule has 0 saturated heterocycles. The number of nitrogens with zero attached hydrogens (tertiary/aromatic N) is 2. The first-order valence-electron chi connectivity index (χ1n) is 10.7. The van der Waals surface area contributed by atoms with Crippen molar-refractivity contribution in [3.63, 3.8) is 0 Å². The lowest BCUT2D eigenvalue weighted by atomic mass is 10.1. The van der Waals surface area contributed by atoms with Gasteiger partial charge in [-0.05, 0) is 59.7 Å². The van der Waals surface area contributed by atoms with Crippen LogP contribution in [0.4, 0.5) is 0 Å². The van der Waals surface area contributed by atoms with Gasteiger partial charge in [-0.1, -0.05) is 72.3 Å². The Kier molecular flexibility index (Phi) is 6.38. The number of hydrogen-bond donors (Lipinski definition) is 1. The minimum atomic E-state index is -0.274. The van der Waals surface area contributed by atoms with Crippen molar-refractivity contribution in [2.24, 2.45) is 5.10 Å². The maximum absolute atomic E-state index is 12.6. The average Bonchev–Trinajstić information content (AvgIpc) is 3.51. The van der Waals surface area contributed by atoms with Gasteiger partial charge < -0.3 is 4.57 Å². The third-order valence-corrected chi connectivity index (χ3v) is 6.53. The van der Waals surface area contributed by atoms with E-state index in [0.717, 1.165) is 33.1 Å². The Morgan fingerprint density at radius 1 is 0.765 bits per heavy atom. The van der Waals surface area contributed by atoms with E-state index in [0.29, 0.717) is 9.90 Å². The second kappa shape index (κ2) is 9.91. The molecule has 0 aliphatic heterocycles. The fraction of sp³-hybridized carbons (Fsp3) is 0. The van der Waals surface area contributed by atoms with Crippen molar-refractivity contribution in [3.05, 3.63) is 124 Å². The molecule has 0 unspecified atom stereocenters. The number of benzene rings is 3. The summed E-state index contributed by atoms with van der Waals surface area (Å²) in [5.41, 5.74) is 8.47. The normalized spacial score (nSPS) is 11.1. The highest BCUT2D eigenvalue weighted by Crippen LogP contribution is 2.32. The molecule has 3 aromatic carbocycles. The molecule has 1 N–H and O–H groups in total. The Hall–Kier alpha value is -3.93. The smallest absolute Gasteiger partial charge is 0.271 e. The van der Waals surface area contributed by atoms with Gasteiger partial charge in [-0.3, -0.25) is 4.79 Å². The molecule has 0 saturated carbocycles. The van der Waals surface area contributed by atoms with E-state index < -0.39 is 0 Å². The van der Waals surface area contributed by atoms with Crippen LogP contribution in [0.5, 0.6) is 0 Å². The van der Waals surface area contributed by atoms with Crippen molar-refractivity contribution in [3.8, 4) is 28.2 Å². The summed E-state index contributed by atoms with van der Waals surface area (Å²) < 4.78 is 2.89. The van der Waals surface area contributed by atoms with Gasteiger partial charge in [-0.25, -0.2) is 5.43 Å². The van der Waals surface area contributed by atoms with Crippen molar-refractivity contribution in [1.82, 2.24) is 9.99 Å². The van der Waals surface area contributed by atoms with Crippen LogP contribution in [-0.4, -0.2) is 16.7 Å². The van der Waals surface area contributed by atoms with Crippen molar-refractivity contribution < 1.29 is 4.79 Å². The van der Waals surface area contributed by atoms with Crippen LogP contribution in [0.25, 0.3) is 28.2 Å². The van der Waals surface area contributed by atoms with E-state index in [4.69, 9.17) is 11.6 Å². The lowest BCUT2D eigenvalue weighted by molar-refractivity contribution is 0.0955. The van der Waals surface area contributed by atoms with E-state index >= 15 is 0 Å². The Morgan fingerprint density at radius 3 is 1.88 bits per heavy atom. The molecule has 6 heteroatoms. The summed E-state index contributed by atoms with van der Waals surface area (Å²) in [6.07, 6.45) is 1.58. The van der Waals surface area contributed by atoms with Crippen LogP contribution in [0.2, 0.25) is 4.34 Å². The van der Waals surface area contributed by atoms with Gasteiger partial charge >= 0.3 is 0 Å². The first-order chi connectivity index (χ1) is 16.7. The molecule has 1 amide bonds. The molecule has 2 aromatic heterocycles. The first-order valence-corrected chi connectivity index (χ1v) is 11.9.